The van der Waals surface area contributed by atoms with Gasteiger partial charge in [-0.15, -0.1) is 0 Å². The zero-order valence-electron chi connectivity index (χ0n) is 15.6. The van der Waals surface area contributed by atoms with Crippen LogP contribution in [0.25, 0.3) is 0 Å². The largest absolute Gasteiger partial charge is 0.339 e. The van der Waals surface area contributed by atoms with Crippen molar-refractivity contribution < 1.29 is 22.8 Å². The maximum atomic E-state index is 12.8. The van der Waals surface area contributed by atoms with Crippen molar-refractivity contribution in [1.82, 2.24) is 14.5 Å². The highest BCUT2D eigenvalue weighted by Gasteiger charge is 2.37. The highest BCUT2D eigenvalue weighted by molar-refractivity contribution is 7.88. The second kappa shape index (κ2) is 7.05. The molecule has 3 amide bonds. The van der Waals surface area contributed by atoms with Crippen LogP contribution in [-0.4, -0.2) is 67.4 Å². The molecule has 2 aliphatic heterocycles. The molecule has 2 heterocycles. The highest BCUT2D eigenvalue weighted by Crippen LogP contribution is 2.26. The zero-order chi connectivity index (χ0) is 19.9. The quantitative estimate of drug-likeness (QED) is 0.764. The van der Waals surface area contributed by atoms with E-state index >= 15 is 0 Å². The molecule has 1 N–H and O–H groups in total. The van der Waals surface area contributed by atoms with Gasteiger partial charge >= 0.3 is 0 Å². The van der Waals surface area contributed by atoms with E-state index in [9.17, 15) is 22.8 Å². The number of likely N-dealkylation sites (tertiary alicyclic amines) is 1. The normalized spacial score (nSPS) is 18.4. The van der Waals surface area contributed by atoms with E-state index < -0.39 is 10.0 Å². The fourth-order valence-corrected chi connectivity index (χ4v) is 4.39. The summed E-state index contributed by atoms with van der Waals surface area (Å²) in [5, 5.41) is 0. The lowest BCUT2D eigenvalue weighted by Crippen LogP contribution is -2.46. The van der Waals surface area contributed by atoms with Crippen molar-refractivity contribution in [3.63, 3.8) is 0 Å². The number of imide groups is 1. The second-order valence-electron chi connectivity index (χ2n) is 7.29. The Morgan fingerprint density at radius 3 is 2.26 bits per heavy atom. The number of piperidine rings is 1. The number of fused-ring (bicyclic) bond motifs is 1. The van der Waals surface area contributed by atoms with Crippen LogP contribution in [0.4, 0.5) is 0 Å². The molecule has 0 saturated carbocycles. The van der Waals surface area contributed by atoms with E-state index in [2.05, 4.69) is 4.72 Å². The average molecular weight is 393 g/mol. The summed E-state index contributed by atoms with van der Waals surface area (Å²) in [6.45, 7) is 4.38. The molecule has 0 radical (unpaired) electrons. The third-order valence-electron chi connectivity index (χ3n) is 4.84. The topological polar surface area (TPSA) is 104 Å². The molecule has 27 heavy (non-hydrogen) atoms. The number of rotatable bonds is 4. The Morgan fingerprint density at radius 2 is 1.70 bits per heavy atom. The summed E-state index contributed by atoms with van der Waals surface area (Å²) in [6.07, 6.45) is 2.18. The van der Waals surface area contributed by atoms with Crippen LogP contribution < -0.4 is 4.72 Å². The smallest absolute Gasteiger partial charge is 0.261 e. The van der Waals surface area contributed by atoms with Gasteiger partial charge in [0.2, 0.25) is 10.0 Å². The van der Waals surface area contributed by atoms with Gasteiger partial charge in [-0.05, 0) is 44.9 Å². The number of sulfonamides is 1. The van der Waals surface area contributed by atoms with Gasteiger partial charge in [-0.1, -0.05) is 0 Å². The molecule has 0 atom stereocenters. The number of amides is 3. The molecule has 0 spiro atoms. The molecule has 8 nitrogen and oxygen atoms in total. The van der Waals surface area contributed by atoms with Gasteiger partial charge in [0, 0.05) is 30.7 Å². The van der Waals surface area contributed by atoms with E-state index in [-0.39, 0.29) is 35.4 Å². The summed E-state index contributed by atoms with van der Waals surface area (Å²) in [5.41, 5.74) is 0.935. The van der Waals surface area contributed by atoms with Gasteiger partial charge < -0.3 is 4.90 Å². The van der Waals surface area contributed by atoms with Crippen LogP contribution in [0.1, 0.15) is 57.8 Å². The van der Waals surface area contributed by atoms with E-state index in [1.807, 2.05) is 0 Å². The molecule has 0 unspecified atom stereocenters. The van der Waals surface area contributed by atoms with Crippen molar-refractivity contribution in [2.24, 2.45) is 0 Å². The first-order valence-electron chi connectivity index (χ1n) is 8.87. The molecular weight excluding hydrogens is 370 g/mol. The molecule has 2 aliphatic rings. The maximum absolute atomic E-state index is 12.8. The van der Waals surface area contributed by atoms with Gasteiger partial charge in [-0.3, -0.25) is 19.3 Å². The first-order chi connectivity index (χ1) is 12.6. The standard InChI is InChI=1S/C18H23N3O5S/c1-11(2)21-17(23)14-5-4-12(10-15(14)18(21)24)16(22)20-8-6-13(7-9-20)19-27(3,25)26/h4-5,10-11,13,19H,6-9H2,1-3H3. The van der Waals surface area contributed by atoms with Crippen molar-refractivity contribution in [2.75, 3.05) is 19.3 Å². The van der Waals surface area contributed by atoms with Gasteiger partial charge in [-0.2, -0.15) is 0 Å². The van der Waals surface area contributed by atoms with Gasteiger partial charge in [0.15, 0.2) is 0 Å². The Balaban J connectivity index is 1.73. The molecule has 0 bridgehead atoms. The summed E-state index contributed by atoms with van der Waals surface area (Å²) < 4.78 is 25.2. The third kappa shape index (κ3) is 3.89. The molecule has 0 aliphatic carbocycles. The lowest BCUT2D eigenvalue weighted by Gasteiger charge is -2.32. The summed E-state index contributed by atoms with van der Waals surface area (Å²) in [4.78, 5) is 40.4. The Hall–Kier alpha value is -2.26. The minimum absolute atomic E-state index is 0.178. The van der Waals surface area contributed by atoms with Crippen LogP contribution in [0, 0.1) is 0 Å². The van der Waals surface area contributed by atoms with Crippen LogP contribution in [0.3, 0.4) is 0 Å². The van der Waals surface area contributed by atoms with Crippen LogP contribution in [0.15, 0.2) is 18.2 Å². The number of nitrogens with one attached hydrogen (secondary N) is 1. The Labute approximate surface area is 158 Å². The molecule has 3 rings (SSSR count). The second-order valence-corrected chi connectivity index (χ2v) is 9.07. The number of carbonyl (C=O) groups excluding carboxylic acids is 3. The van der Waals surface area contributed by atoms with Crippen LogP contribution in [0.2, 0.25) is 0 Å². The van der Waals surface area contributed by atoms with Crippen molar-refractivity contribution in [1.29, 1.82) is 0 Å². The molecule has 1 aromatic rings. The van der Waals surface area contributed by atoms with Crippen molar-refractivity contribution in [3.8, 4) is 0 Å². The fraction of sp³-hybridized carbons (Fsp3) is 0.500. The van der Waals surface area contributed by atoms with Crippen molar-refractivity contribution in [3.05, 3.63) is 34.9 Å². The first-order valence-corrected chi connectivity index (χ1v) is 10.8. The van der Waals surface area contributed by atoms with Gasteiger partial charge in [0.25, 0.3) is 17.7 Å². The predicted molar refractivity (Wildman–Crippen MR) is 99.0 cm³/mol. The van der Waals surface area contributed by atoms with Crippen LogP contribution >= 0.6 is 0 Å². The Morgan fingerprint density at radius 1 is 1.11 bits per heavy atom. The SMILES string of the molecule is CC(C)N1C(=O)c2ccc(C(=O)N3CCC(NS(C)(=O)=O)CC3)cc2C1=O. The summed E-state index contributed by atoms with van der Waals surface area (Å²) in [5.74, 6) is -0.939. The summed E-state index contributed by atoms with van der Waals surface area (Å²) in [7, 11) is -3.27. The molecule has 9 heteroatoms. The number of hydrogen-bond acceptors (Lipinski definition) is 5. The van der Waals surface area contributed by atoms with Gasteiger partial charge in [0.1, 0.15) is 0 Å². The van der Waals surface area contributed by atoms with Gasteiger partial charge in [-0.25, -0.2) is 13.1 Å². The van der Waals surface area contributed by atoms with Crippen LogP contribution in [0.5, 0.6) is 0 Å². The lowest BCUT2D eigenvalue weighted by molar-refractivity contribution is 0.0608. The summed E-state index contributed by atoms with van der Waals surface area (Å²) >= 11 is 0. The average Bonchev–Trinajstić information content (AvgIpc) is 2.84. The van der Waals surface area contributed by atoms with E-state index in [1.165, 1.54) is 17.0 Å². The van der Waals surface area contributed by atoms with Crippen molar-refractivity contribution in [2.45, 2.75) is 38.8 Å². The van der Waals surface area contributed by atoms with E-state index in [0.717, 1.165) is 6.26 Å². The Kier molecular flexibility index (Phi) is 5.09. The number of carbonyl (C=O) groups is 3. The molecule has 0 aromatic heterocycles. The molecule has 1 aromatic carbocycles. The van der Waals surface area contributed by atoms with Crippen LogP contribution in [-0.2, 0) is 10.0 Å². The zero-order valence-corrected chi connectivity index (χ0v) is 16.4. The van der Waals surface area contributed by atoms with E-state index in [1.54, 1.807) is 24.8 Å². The monoisotopic (exact) mass is 393 g/mol. The molecule has 1 saturated heterocycles. The Bertz CT molecular complexity index is 902. The predicted octanol–water partition coefficient (Wildman–Crippen LogP) is 0.845. The number of nitrogens with zero attached hydrogens (tertiary/aromatic N) is 2. The summed E-state index contributed by atoms with van der Waals surface area (Å²) in [6, 6.07) is 4.15. The minimum Gasteiger partial charge on any atom is -0.339 e. The van der Waals surface area contributed by atoms with Gasteiger partial charge in [0.05, 0.1) is 17.4 Å². The number of benzene rings is 1. The van der Waals surface area contributed by atoms with Crippen molar-refractivity contribution >= 4 is 27.7 Å². The highest BCUT2D eigenvalue weighted by atomic mass is 32.2. The molecule has 146 valence electrons. The van der Waals surface area contributed by atoms with E-state index in [4.69, 9.17) is 0 Å². The minimum atomic E-state index is -3.27. The fourth-order valence-electron chi connectivity index (χ4n) is 3.55. The molecular formula is C18H23N3O5S. The number of hydrogen-bond donors (Lipinski definition) is 1. The van der Waals surface area contributed by atoms with E-state index in [0.29, 0.717) is 37.1 Å². The first kappa shape index (κ1) is 19.5. The lowest BCUT2D eigenvalue weighted by atomic mass is 10.0. The molecule has 1 fully saturated rings. The third-order valence-corrected chi connectivity index (χ3v) is 5.61. The maximum Gasteiger partial charge on any atom is 0.261 e.